The number of nitrogens with zero attached hydrogens (tertiary/aromatic N) is 1. The first-order valence-corrected chi connectivity index (χ1v) is 7.29. The number of fused-ring (bicyclic) bond motifs is 1. The standard InChI is InChI=1S/C17H12BrNO2/c18-13-5-1-4-12(9-13)17-15-6-2-3-11(10-16(20)21)14(15)7-8-19-17/h1-9H,10H2,(H,20,21). The van der Waals surface area contributed by atoms with Crippen LogP contribution < -0.4 is 0 Å². The topological polar surface area (TPSA) is 50.2 Å². The van der Waals surface area contributed by atoms with E-state index in [4.69, 9.17) is 5.11 Å². The molecule has 2 aromatic carbocycles. The zero-order chi connectivity index (χ0) is 14.8. The van der Waals surface area contributed by atoms with Crippen molar-refractivity contribution in [3.8, 4) is 11.3 Å². The van der Waals surface area contributed by atoms with Crippen molar-refractivity contribution >= 4 is 32.7 Å². The second-order valence-corrected chi connectivity index (χ2v) is 5.67. The van der Waals surface area contributed by atoms with Gasteiger partial charge in [0.25, 0.3) is 0 Å². The summed E-state index contributed by atoms with van der Waals surface area (Å²) in [6, 6.07) is 15.5. The first kappa shape index (κ1) is 13.8. The molecule has 0 radical (unpaired) electrons. The van der Waals surface area contributed by atoms with E-state index in [0.29, 0.717) is 0 Å². The Labute approximate surface area is 130 Å². The molecule has 0 unspecified atom stereocenters. The Morgan fingerprint density at radius 3 is 2.67 bits per heavy atom. The fourth-order valence-corrected chi connectivity index (χ4v) is 2.85. The van der Waals surface area contributed by atoms with Gasteiger partial charge in [0, 0.05) is 21.6 Å². The summed E-state index contributed by atoms with van der Waals surface area (Å²) in [5.74, 6) is -0.830. The molecule has 21 heavy (non-hydrogen) atoms. The van der Waals surface area contributed by atoms with Gasteiger partial charge in [0.05, 0.1) is 12.1 Å². The van der Waals surface area contributed by atoms with Crippen LogP contribution in [0.2, 0.25) is 0 Å². The van der Waals surface area contributed by atoms with Crippen LogP contribution in [0.3, 0.4) is 0 Å². The molecule has 1 heterocycles. The lowest BCUT2D eigenvalue weighted by molar-refractivity contribution is -0.136. The van der Waals surface area contributed by atoms with E-state index < -0.39 is 5.97 Å². The Morgan fingerprint density at radius 2 is 1.90 bits per heavy atom. The van der Waals surface area contributed by atoms with Crippen LogP contribution in [0.5, 0.6) is 0 Å². The van der Waals surface area contributed by atoms with Crippen LogP contribution >= 0.6 is 15.9 Å². The minimum absolute atomic E-state index is 0.0132. The van der Waals surface area contributed by atoms with Gasteiger partial charge in [-0.25, -0.2) is 0 Å². The molecule has 1 N–H and O–H groups in total. The summed E-state index contributed by atoms with van der Waals surface area (Å²) in [6.07, 6.45) is 1.74. The van der Waals surface area contributed by atoms with Gasteiger partial charge < -0.3 is 5.11 Å². The molecule has 0 saturated carbocycles. The highest BCUT2D eigenvalue weighted by molar-refractivity contribution is 9.10. The van der Waals surface area contributed by atoms with Crippen molar-refractivity contribution in [2.24, 2.45) is 0 Å². The fourth-order valence-electron chi connectivity index (χ4n) is 2.46. The Balaban J connectivity index is 2.23. The summed E-state index contributed by atoms with van der Waals surface area (Å²) in [5, 5.41) is 10.9. The molecular formula is C17H12BrNO2. The van der Waals surface area contributed by atoms with Crippen LogP contribution in [0.25, 0.3) is 22.0 Å². The summed E-state index contributed by atoms with van der Waals surface area (Å²) in [4.78, 5) is 15.5. The molecule has 0 aliphatic heterocycles. The van der Waals surface area contributed by atoms with Gasteiger partial charge in [-0.3, -0.25) is 9.78 Å². The largest absolute Gasteiger partial charge is 0.481 e. The van der Waals surface area contributed by atoms with Crippen LogP contribution in [0.15, 0.2) is 59.2 Å². The van der Waals surface area contributed by atoms with Crippen molar-refractivity contribution in [2.75, 3.05) is 0 Å². The zero-order valence-electron chi connectivity index (χ0n) is 11.1. The quantitative estimate of drug-likeness (QED) is 0.772. The van der Waals surface area contributed by atoms with Crippen molar-refractivity contribution in [3.05, 3.63) is 64.8 Å². The van der Waals surface area contributed by atoms with Crippen molar-refractivity contribution in [3.63, 3.8) is 0 Å². The van der Waals surface area contributed by atoms with Gasteiger partial charge >= 0.3 is 5.97 Å². The van der Waals surface area contributed by atoms with Gasteiger partial charge in [-0.05, 0) is 29.1 Å². The Kier molecular flexibility index (Phi) is 3.71. The first-order valence-electron chi connectivity index (χ1n) is 6.49. The molecule has 0 aliphatic carbocycles. The maximum absolute atomic E-state index is 11.0. The molecule has 104 valence electrons. The third kappa shape index (κ3) is 2.81. The number of aromatic nitrogens is 1. The predicted molar refractivity (Wildman–Crippen MR) is 86.2 cm³/mol. The van der Waals surface area contributed by atoms with Gasteiger partial charge in [0.15, 0.2) is 0 Å². The molecule has 1 aromatic heterocycles. The van der Waals surface area contributed by atoms with Crippen molar-refractivity contribution in [1.82, 2.24) is 4.98 Å². The molecule has 0 atom stereocenters. The number of carboxylic acids is 1. The normalized spacial score (nSPS) is 10.7. The molecule has 0 bridgehead atoms. The van der Waals surface area contributed by atoms with Crippen molar-refractivity contribution in [2.45, 2.75) is 6.42 Å². The first-order chi connectivity index (χ1) is 10.1. The maximum atomic E-state index is 11.0. The smallest absolute Gasteiger partial charge is 0.307 e. The van der Waals surface area contributed by atoms with E-state index in [9.17, 15) is 4.79 Å². The SMILES string of the molecule is O=C(O)Cc1cccc2c(-c3cccc(Br)c3)nccc12. The highest BCUT2D eigenvalue weighted by Gasteiger charge is 2.10. The van der Waals surface area contributed by atoms with E-state index in [1.807, 2.05) is 48.5 Å². The summed E-state index contributed by atoms with van der Waals surface area (Å²) in [7, 11) is 0. The summed E-state index contributed by atoms with van der Waals surface area (Å²) >= 11 is 3.47. The van der Waals surface area contributed by atoms with E-state index >= 15 is 0 Å². The predicted octanol–water partition coefficient (Wildman–Crippen LogP) is 4.29. The molecule has 3 aromatic rings. The zero-order valence-corrected chi connectivity index (χ0v) is 12.7. The number of rotatable bonds is 3. The Morgan fingerprint density at radius 1 is 1.10 bits per heavy atom. The average Bonchev–Trinajstić information content (AvgIpc) is 2.46. The molecule has 3 nitrogen and oxygen atoms in total. The highest BCUT2D eigenvalue weighted by Crippen LogP contribution is 2.30. The Bertz CT molecular complexity index is 830. The molecule has 0 saturated heterocycles. The minimum Gasteiger partial charge on any atom is -0.481 e. The third-order valence-corrected chi connectivity index (χ3v) is 3.83. The van der Waals surface area contributed by atoms with E-state index in [2.05, 4.69) is 20.9 Å². The molecule has 0 fully saturated rings. The molecule has 0 aliphatic rings. The van der Waals surface area contributed by atoms with Crippen LogP contribution in [0, 0.1) is 0 Å². The summed E-state index contributed by atoms with van der Waals surface area (Å²) in [6.45, 7) is 0. The van der Waals surface area contributed by atoms with Gasteiger partial charge in [-0.2, -0.15) is 0 Å². The Hall–Kier alpha value is -2.20. The summed E-state index contributed by atoms with van der Waals surface area (Å²) < 4.78 is 0.987. The highest BCUT2D eigenvalue weighted by atomic mass is 79.9. The number of hydrogen-bond acceptors (Lipinski definition) is 2. The van der Waals surface area contributed by atoms with Crippen LogP contribution in [0.4, 0.5) is 0 Å². The number of carboxylic acid groups (broad SMARTS) is 1. The van der Waals surface area contributed by atoms with E-state index in [1.54, 1.807) is 6.20 Å². The van der Waals surface area contributed by atoms with E-state index in [-0.39, 0.29) is 6.42 Å². The van der Waals surface area contributed by atoms with Crippen molar-refractivity contribution in [1.29, 1.82) is 0 Å². The number of aliphatic carboxylic acids is 1. The third-order valence-electron chi connectivity index (χ3n) is 3.34. The van der Waals surface area contributed by atoms with Gasteiger partial charge in [0.1, 0.15) is 0 Å². The number of carbonyl (C=O) groups is 1. The van der Waals surface area contributed by atoms with E-state index in [1.165, 1.54) is 0 Å². The molecule has 3 rings (SSSR count). The van der Waals surface area contributed by atoms with Gasteiger partial charge in [0.2, 0.25) is 0 Å². The van der Waals surface area contributed by atoms with E-state index in [0.717, 1.165) is 32.1 Å². The van der Waals surface area contributed by atoms with Crippen LogP contribution in [-0.4, -0.2) is 16.1 Å². The lowest BCUT2D eigenvalue weighted by Gasteiger charge is -2.09. The number of halogens is 1. The fraction of sp³-hybridized carbons (Fsp3) is 0.0588. The minimum atomic E-state index is -0.830. The van der Waals surface area contributed by atoms with Crippen LogP contribution in [0.1, 0.15) is 5.56 Å². The number of pyridine rings is 1. The van der Waals surface area contributed by atoms with Crippen molar-refractivity contribution < 1.29 is 9.90 Å². The lowest BCUT2D eigenvalue weighted by Crippen LogP contribution is -2.01. The van der Waals surface area contributed by atoms with Crippen LogP contribution in [-0.2, 0) is 11.2 Å². The lowest BCUT2D eigenvalue weighted by atomic mass is 9.99. The molecule has 0 amide bonds. The summed E-state index contributed by atoms with van der Waals surface area (Å²) in [5.41, 5.74) is 2.67. The molecular weight excluding hydrogens is 330 g/mol. The monoisotopic (exact) mass is 341 g/mol. The molecule has 0 spiro atoms. The second kappa shape index (κ2) is 5.66. The number of hydrogen-bond donors (Lipinski definition) is 1. The van der Waals surface area contributed by atoms with Gasteiger partial charge in [-0.1, -0.05) is 46.3 Å². The average molecular weight is 342 g/mol. The molecule has 4 heteroatoms. The maximum Gasteiger partial charge on any atom is 0.307 e. The second-order valence-electron chi connectivity index (χ2n) is 4.75. The number of benzene rings is 2. The van der Waals surface area contributed by atoms with Gasteiger partial charge in [-0.15, -0.1) is 0 Å².